The zero-order valence-electron chi connectivity index (χ0n) is 18.5. The molecule has 1 aliphatic heterocycles. The number of rotatable bonds is 5. The van der Waals surface area contributed by atoms with E-state index in [0.29, 0.717) is 5.16 Å². The second-order valence-corrected chi connectivity index (χ2v) is 8.60. The highest BCUT2D eigenvalue weighted by Gasteiger charge is 2.33. The molecular weight excluding hydrogens is 440 g/mol. The molecule has 1 fully saturated rings. The van der Waals surface area contributed by atoms with E-state index in [9.17, 15) is 24.8 Å². The summed E-state index contributed by atoms with van der Waals surface area (Å²) in [5, 5.41) is 21.8. The van der Waals surface area contributed by atoms with Crippen molar-refractivity contribution in [3.05, 3.63) is 5.69 Å². The number of ether oxygens (including phenoxy) is 2. The molecule has 2 amide bonds. The van der Waals surface area contributed by atoms with Gasteiger partial charge in [-0.05, 0) is 27.0 Å². The molecule has 13 heteroatoms. The van der Waals surface area contributed by atoms with Gasteiger partial charge in [0, 0.05) is 20.0 Å². The fourth-order valence-electron chi connectivity index (χ4n) is 2.91. The molecule has 1 aromatic rings. The number of hydrogen-bond donors (Lipinski definition) is 2. The summed E-state index contributed by atoms with van der Waals surface area (Å²) >= 11 is 1.24. The van der Waals surface area contributed by atoms with Crippen LogP contribution in [0.1, 0.15) is 33.4 Å². The van der Waals surface area contributed by atoms with Crippen molar-refractivity contribution in [1.29, 1.82) is 5.26 Å². The Kier molecular flexibility index (Phi) is 8.09. The number of piperazine rings is 1. The van der Waals surface area contributed by atoms with Crippen LogP contribution >= 0.6 is 11.8 Å². The molecule has 1 aromatic heterocycles. The molecule has 1 aliphatic rings. The molecule has 0 bridgehead atoms. The van der Waals surface area contributed by atoms with Gasteiger partial charge in [-0.3, -0.25) is 15.0 Å². The van der Waals surface area contributed by atoms with Crippen LogP contribution in [0, 0.1) is 11.3 Å². The molecule has 32 heavy (non-hydrogen) atoms. The molecule has 174 valence electrons. The Morgan fingerprint density at radius 2 is 2.00 bits per heavy atom. The zero-order chi connectivity index (χ0) is 24.1. The van der Waals surface area contributed by atoms with E-state index in [1.54, 1.807) is 31.9 Å². The molecule has 2 rings (SSSR count). The number of nitrogens with zero attached hydrogens (tertiary/aromatic N) is 5. The van der Waals surface area contributed by atoms with Crippen LogP contribution in [0.3, 0.4) is 0 Å². The molecule has 12 nitrogen and oxygen atoms in total. The monoisotopic (exact) mass is 466 g/mol. The number of thioether (sulfide) groups is 1. The van der Waals surface area contributed by atoms with Gasteiger partial charge in [-0.15, -0.1) is 0 Å². The fourth-order valence-corrected chi connectivity index (χ4v) is 3.29. The number of anilines is 2. The molecule has 0 radical (unpaired) electrons. The van der Waals surface area contributed by atoms with Crippen molar-refractivity contribution < 1.29 is 29.0 Å². The van der Waals surface area contributed by atoms with E-state index in [1.807, 2.05) is 6.07 Å². The van der Waals surface area contributed by atoms with E-state index in [0.717, 1.165) is 4.90 Å². The van der Waals surface area contributed by atoms with Crippen molar-refractivity contribution in [3.63, 3.8) is 0 Å². The van der Waals surface area contributed by atoms with Crippen LogP contribution in [0.15, 0.2) is 5.16 Å². The Bertz CT molecular complexity index is 928. The summed E-state index contributed by atoms with van der Waals surface area (Å²) in [6, 6.07) is 1.05. The van der Waals surface area contributed by atoms with Crippen molar-refractivity contribution in [3.8, 4) is 6.07 Å². The predicted molar refractivity (Wildman–Crippen MR) is 115 cm³/mol. The topological polar surface area (TPSA) is 158 Å². The van der Waals surface area contributed by atoms with Gasteiger partial charge in [-0.1, -0.05) is 11.8 Å². The van der Waals surface area contributed by atoms with Gasteiger partial charge in [-0.25, -0.2) is 19.6 Å². The Morgan fingerprint density at radius 3 is 2.53 bits per heavy atom. The number of amides is 2. The van der Waals surface area contributed by atoms with E-state index in [2.05, 4.69) is 15.3 Å². The molecule has 0 unspecified atom stereocenters. The van der Waals surface area contributed by atoms with Gasteiger partial charge in [0.25, 0.3) is 0 Å². The normalized spacial score (nSPS) is 16.2. The summed E-state index contributed by atoms with van der Waals surface area (Å²) < 4.78 is 10.4. The van der Waals surface area contributed by atoms with Gasteiger partial charge >= 0.3 is 18.2 Å². The van der Waals surface area contributed by atoms with E-state index >= 15 is 0 Å². The number of aromatic nitrogens is 2. The van der Waals surface area contributed by atoms with Crippen LogP contribution in [-0.2, 0) is 20.9 Å². The largest absolute Gasteiger partial charge is 0.465 e. The van der Waals surface area contributed by atoms with Gasteiger partial charge in [0.05, 0.1) is 12.6 Å². The molecule has 0 spiro atoms. The zero-order valence-corrected chi connectivity index (χ0v) is 19.4. The highest BCUT2D eigenvalue weighted by Crippen LogP contribution is 2.32. The van der Waals surface area contributed by atoms with Crippen LogP contribution in [0.4, 0.5) is 21.1 Å². The van der Waals surface area contributed by atoms with E-state index in [-0.39, 0.29) is 43.4 Å². The molecule has 0 aromatic carbocycles. The van der Waals surface area contributed by atoms with Gasteiger partial charge < -0.3 is 19.5 Å². The summed E-state index contributed by atoms with van der Waals surface area (Å²) in [6.45, 7) is 6.49. The predicted octanol–water partition coefficient (Wildman–Crippen LogP) is 2.30. The van der Waals surface area contributed by atoms with Crippen LogP contribution < -0.4 is 10.2 Å². The van der Waals surface area contributed by atoms with Gasteiger partial charge in [0.2, 0.25) is 0 Å². The minimum atomic E-state index is -1.19. The van der Waals surface area contributed by atoms with Gasteiger partial charge in [0.15, 0.2) is 11.0 Å². The SMILES string of the molecule is CSc1nc(COC(C)=O)c(NC(=O)OC(C)(C)C)c(N2CCN(C(=O)O)[C@H](C#N)C2)n1. The van der Waals surface area contributed by atoms with Crippen LogP contribution in [0.2, 0.25) is 0 Å². The van der Waals surface area contributed by atoms with Crippen molar-refractivity contribution in [2.24, 2.45) is 0 Å². The minimum absolute atomic E-state index is 0.0314. The Hall–Kier alpha value is -3.27. The lowest BCUT2D eigenvalue weighted by Gasteiger charge is -2.38. The third kappa shape index (κ3) is 6.61. The lowest BCUT2D eigenvalue weighted by molar-refractivity contribution is -0.142. The molecule has 1 saturated heterocycles. The summed E-state index contributed by atoms with van der Waals surface area (Å²) in [5.74, 6) is -0.249. The standard InChI is InChI=1S/C19H26N6O6S/c1-11(26)30-10-13-14(22-17(27)31-19(2,3)4)15(23-16(21-13)32-5)24-6-7-25(18(28)29)12(8-20)9-24/h12H,6-7,9-10H2,1-5H3,(H,22,27)(H,28,29)/t12-/m1/s1. The fraction of sp³-hybridized carbons (Fsp3) is 0.579. The van der Waals surface area contributed by atoms with Crippen LogP contribution in [-0.4, -0.2) is 75.7 Å². The lowest BCUT2D eigenvalue weighted by atomic mass is 10.2. The Labute approximate surface area is 189 Å². The van der Waals surface area contributed by atoms with Gasteiger partial charge in [0.1, 0.15) is 29.6 Å². The van der Waals surface area contributed by atoms with Crippen LogP contribution in [0.25, 0.3) is 0 Å². The molecule has 1 atom stereocenters. The summed E-state index contributed by atoms with van der Waals surface area (Å²) in [5.41, 5.74) is -0.354. The first-order valence-electron chi connectivity index (χ1n) is 9.67. The van der Waals surface area contributed by atoms with Gasteiger partial charge in [-0.2, -0.15) is 5.26 Å². The molecular formula is C19H26N6O6S. The quantitative estimate of drug-likeness (QED) is 0.372. The van der Waals surface area contributed by atoms with Crippen molar-refractivity contribution in [2.45, 2.75) is 51.1 Å². The number of carbonyl (C=O) groups is 3. The Balaban J connectivity index is 2.50. The maximum atomic E-state index is 12.5. The highest BCUT2D eigenvalue weighted by atomic mass is 32.2. The van der Waals surface area contributed by atoms with E-state index in [4.69, 9.17) is 9.47 Å². The minimum Gasteiger partial charge on any atom is -0.465 e. The van der Waals surface area contributed by atoms with E-state index in [1.165, 1.54) is 18.7 Å². The molecule has 0 saturated carbocycles. The lowest BCUT2D eigenvalue weighted by Crippen LogP contribution is -2.54. The number of carbonyl (C=O) groups excluding carboxylic acids is 2. The number of nitrogens with one attached hydrogen (secondary N) is 1. The number of hydrogen-bond acceptors (Lipinski definition) is 10. The third-order valence-electron chi connectivity index (χ3n) is 4.24. The first-order valence-corrected chi connectivity index (χ1v) is 10.9. The molecule has 2 N–H and O–H groups in total. The number of carboxylic acid groups (broad SMARTS) is 1. The summed E-state index contributed by atoms with van der Waals surface area (Å²) in [6.07, 6.45) is -0.188. The summed E-state index contributed by atoms with van der Waals surface area (Å²) in [7, 11) is 0. The van der Waals surface area contributed by atoms with E-state index < -0.39 is 29.8 Å². The average molecular weight is 467 g/mol. The average Bonchev–Trinajstić information content (AvgIpc) is 2.70. The second kappa shape index (κ2) is 10.4. The van der Waals surface area contributed by atoms with Crippen molar-refractivity contribution >= 4 is 41.4 Å². The number of esters is 1. The molecule has 2 heterocycles. The molecule has 0 aliphatic carbocycles. The summed E-state index contributed by atoms with van der Waals surface area (Å²) in [4.78, 5) is 46.9. The van der Waals surface area contributed by atoms with Crippen LogP contribution in [0.5, 0.6) is 0 Å². The smallest absolute Gasteiger partial charge is 0.412 e. The maximum absolute atomic E-state index is 12.5. The first-order chi connectivity index (χ1) is 14.9. The Morgan fingerprint density at radius 1 is 1.31 bits per heavy atom. The second-order valence-electron chi connectivity index (χ2n) is 7.83. The van der Waals surface area contributed by atoms with Crippen molar-refractivity contribution in [1.82, 2.24) is 14.9 Å². The first kappa shape index (κ1) is 25.0. The highest BCUT2D eigenvalue weighted by molar-refractivity contribution is 7.98. The number of nitriles is 1. The van der Waals surface area contributed by atoms with Crippen molar-refractivity contribution in [2.75, 3.05) is 36.1 Å². The maximum Gasteiger partial charge on any atom is 0.412 e. The third-order valence-corrected chi connectivity index (χ3v) is 4.79.